The van der Waals surface area contributed by atoms with Crippen molar-refractivity contribution in [3.63, 3.8) is 0 Å². The first-order chi connectivity index (χ1) is 34.7. The maximum Gasteiger partial charge on any atom is 0.164 e. The molecule has 5 aromatic heterocycles. The Hall–Kier alpha value is -8.75. The molecular formula is C63H37N5S2. The molecule has 7 heteroatoms. The second-order valence-corrected chi connectivity index (χ2v) is 20.0. The summed E-state index contributed by atoms with van der Waals surface area (Å²) in [6.07, 6.45) is 0. The molecule has 15 rings (SSSR count). The number of thiophene rings is 2. The molecule has 0 aliphatic heterocycles. The normalized spacial score (nSPS) is 12.0. The van der Waals surface area contributed by atoms with Gasteiger partial charge in [-0.1, -0.05) is 158 Å². The quantitative estimate of drug-likeness (QED) is 0.167. The highest BCUT2D eigenvalue weighted by atomic mass is 32.1. The van der Waals surface area contributed by atoms with Crippen LogP contribution in [0.1, 0.15) is 0 Å². The van der Waals surface area contributed by atoms with Crippen LogP contribution in [0.15, 0.2) is 224 Å². The van der Waals surface area contributed by atoms with Gasteiger partial charge in [0.2, 0.25) is 0 Å². The third-order valence-electron chi connectivity index (χ3n) is 14.0. The Bertz CT molecular complexity index is 4530. The highest BCUT2D eigenvalue weighted by Gasteiger charge is 2.27. The predicted octanol–water partition coefficient (Wildman–Crippen LogP) is 17.5. The molecule has 5 nitrogen and oxygen atoms in total. The number of para-hydroxylation sites is 3. The minimum absolute atomic E-state index is 0.640. The Morgan fingerprint density at radius 3 is 1.59 bits per heavy atom. The van der Waals surface area contributed by atoms with E-state index >= 15 is 0 Å². The van der Waals surface area contributed by atoms with Gasteiger partial charge in [-0.15, -0.1) is 22.7 Å². The van der Waals surface area contributed by atoms with E-state index in [4.69, 9.17) is 15.0 Å². The van der Waals surface area contributed by atoms with Crippen LogP contribution in [-0.2, 0) is 0 Å². The second-order valence-electron chi connectivity index (χ2n) is 17.9. The van der Waals surface area contributed by atoms with Gasteiger partial charge in [0.15, 0.2) is 17.5 Å². The Labute approximate surface area is 409 Å². The van der Waals surface area contributed by atoms with Crippen molar-refractivity contribution in [2.45, 2.75) is 0 Å². The minimum Gasteiger partial charge on any atom is -0.309 e. The molecule has 0 N–H and O–H groups in total. The molecule has 10 aromatic carbocycles. The lowest BCUT2D eigenvalue weighted by Gasteiger charge is -2.16. The van der Waals surface area contributed by atoms with Crippen LogP contribution < -0.4 is 0 Å². The maximum absolute atomic E-state index is 5.29. The number of nitrogens with zero attached hydrogens (tertiary/aromatic N) is 5. The van der Waals surface area contributed by atoms with Crippen molar-refractivity contribution in [1.82, 2.24) is 24.1 Å². The van der Waals surface area contributed by atoms with Gasteiger partial charge >= 0.3 is 0 Å². The maximum atomic E-state index is 5.29. The van der Waals surface area contributed by atoms with E-state index in [1.807, 2.05) is 59.1 Å². The number of aromatic nitrogens is 5. The average molecular weight is 928 g/mol. The summed E-state index contributed by atoms with van der Waals surface area (Å²) in [5.74, 6) is 1.92. The lowest BCUT2D eigenvalue weighted by molar-refractivity contribution is 1.08. The molecule has 0 radical (unpaired) electrons. The van der Waals surface area contributed by atoms with E-state index in [0.717, 1.165) is 44.5 Å². The summed E-state index contributed by atoms with van der Waals surface area (Å²) in [5.41, 5.74) is 12.1. The highest BCUT2D eigenvalue weighted by Crippen LogP contribution is 2.50. The van der Waals surface area contributed by atoms with E-state index in [-0.39, 0.29) is 0 Å². The van der Waals surface area contributed by atoms with Gasteiger partial charge in [0.1, 0.15) is 0 Å². The summed E-state index contributed by atoms with van der Waals surface area (Å²) in [4.78, 5) is 15.7. The third-order valence-corrected chi connectivity index (χ3v) is 16.3. The predicted molar refractivity (Wildman–Crippen MR) is 296 cm³/mol. The van der Waals surface area contributed by atoms with Gasteiger partial charge in [-0.05, 0) is 72.3 Å². The molecule has 5 heterocycles. The van der Waals surface area contributed by atoms with Crippen molar-refractivity contribution in [1.29, 1.82) is 0 Å². The summed E-state index contributed by atoms with van der Waals surface area (Å²) in [6.45, 7) is 0. The summed E-state index contributed by atoms with van der Waals surface area (Å²) in [7, 11) is 0. The van der Waals surface area contributed by atoms with E-state index < -0.39 is 0 Å². The monoisotopic (exact) mass is 927 g/mol. The molecule has 0 fully saturated rings. The minimum atomic E-state index is 0.640. The van der Waals surface area contributed by atoms with Crippen LogP contribution in [0, 0.1) is 0 Å². The molecule has 0 unspecified atom stereocenters. The molecule has 0 atom stereocenters. The van der Waals surface area contributed by atoms with Crippen molar-refractivity contribution in [3.05, 3.63) is 224 Å². The summed E-state index contributed by atoms with van der Waals surface area (Å²) in [5, 5.41) is 9.72. The highest BCUT2D eigenvalue weighted by molar-refractivity contribution is 7.26. The Kier molecular flexibility index (Phi) is 8.63. The van der Waals surface area contributed by atoms with Gasteiger partial charge in [-0.2, -0.15) is 0 Å². The van der Waals surface area contributed by atoms with Gasteiger partial charge < -0.3 is 9.13 Å². The molecule has 0 bridgehead atoms. The molecular weight excluding hydrogens is 891 g/mol. The number of fused-ring (bicyclic) bond motifs is 13. The standard InChI is InChI=1S/C63H37N5S2/c1-4-18-38(19-5-1)61-64-62(39-20-6-2-7-21-39)66-63(65-61)46-33-34-52(60-56(46)45-27-13-17-31-54(45)70-60)68-51-29-15-11-26-44(51)57-58(68)47(40-32-35-55-48(36-40)43-25-12-16-30-53(43)69-55)37-49-42-24-10-14-28-50(42)67(59(49)57)41-22-8-3-9-23-41/h1-37H. The van der Waals surface area contributed by atoms with E-state index in [1.165, 1.54) is 78.7 Å². The zero-order valence-corrected chi connectivity index (χ0v) is 39.0. The molecule has 0 saturated carbocycles. The topological polar surface area (TPSA) is 48.5 Å². The van der Waals surface area contributed by atoms with Gasteiger partial charge in [0, 0.05) is 85.1 Å². The van der Waals surface area contributed by atoms with Crippen molar-refractivity contribution in [2.24, 2.45) is 0 Å². The van der Waals surface area contributed by atoms with Crippen LogP contribution in [0.25, 0.3) is 141 Å². The second kappa shape index (κ2) is 15.4. The van der Waals surface area contributed by atoms with Gasteiger partial charge in [-0.3, -0.25) is 0 Å². The molecule has 326 valence electrons. The number of hydrogen-bond donors (Lipinski definition) is 0. The van der Waals surface area contributed by atoms with Crippen LogP contribution in [0.3, 0.4) is 0 Å². The van der Waals surface area contributed by atoms with E-state index in [1.54, 1.807) is 0 Å². The van der Waals surface area contributed by atoms with Crippen molar-refractivity contribution < 1.29 is 0 Å². The van der Waals surface area contributed by atoms with E-state index in [0.29, 0.717) is 17.5 Å². The van der Waals surface area contributed by atoms with Crippen LogP contribution in [0.5, 0.6) is 0 Å². The third kappa shape index (κ3) is 5.86. The number of hydrogen-bond acceptors (Lipinski definition) is 5. The smallest absolute Gasteiger partial charge is 0.164 e. The largest absolute Gasteiger partial charge is 0.309 e. The van der Waals surface area contributed by atoms with Crippen molar-refractivity contribution in [2.75, 3.05) is 0 Å². The fraction of sp³-hybridized carbons (Fsp3) is 0. The summed E-state index contributed by atoms with van der Waals surface area (Å²) in [6, 6.07) is 80.9. The molecule has 0 spiro atoms. The Morgan fingerprint density at radius 2 is 0.871 bits per heavy atom. The van der Waals surface area contributed by atoms with Crippen molar-refractivity contribution in [3.8, 4) is 56.7 Å². The lowest BCUT2D eigenvalue weighted by atomic mass is 9.96. The van der Waals surface area contributed by atoms with Gasteiger partial charge in [0.05, 0.1) is 32.5 Å². The summed E-state index contributed by atoms with van der Waals surface area (Å²) >= 11 is 3.69. The first-order valence-corrected chi connectivity index (χ1v) is 25.2. The first-order valence-electron chi connectivity index (χ1n) is 23.5. The fourth-order valence-electron chi connectivity index (χ4n) is 10.9. The lowest BCUT2D eigenvalue weighted by Crippen LogP contribution is -2.01. The van der Waals surface area contributed by atoms with Crippen LogP contribution in [0.4, 0.5) is 0 Å². The first kappa shape index (κ1) is 39.3. The van der Waals surface area contributed by atoms with E-state index in [9.17, 15) is 0 Å². The molecule has 0 amide bonds. The van der Waals surface area contributed by atoms with Crippen molar-refractivity contribution >= 4 is 107 Å². The van der Waals surface area contributed by atoms with Gasteiger partial charge in [-0.25, -0.2) is 15.0 Å². The Morgan fingerprint density at radius 1 is 0.314 bits per heavy atom. The molecule has 70 heavy (non-hydrogen) atoms. The average Bonchev–Trinajstić information content (AvgIpc) is 4.19. The van der Waals surface area contributed by atoms with Crippen LogP contribution >= 0.6 is 22.7 Å². The zero-order valence-electron chi connectivity index (χ0n) is 37.4. The Balaban J connectivity index is 1.10. The molecule has 0 aliphatic carbocycles. The summed E-state index contributed by atoms with van der Waals surface area (Å²) < 4.78 is 9.99. The zero-order chi connectivity index (χ0) is 45.9. The number of rotatable bonds is 6. The molecule has 15 aromatic rings. The molecule has 0 saturated heterocycles. The van der Waals surface area contributed by atoms with Crippen LogP contribution in [0.2, 0.25) is 0 Å². The van der Waals surface area contributed by atoms with Gasteiger partial charge in [0.25, 0.3) is 0 Å². The van der Waals surface area contributed by atoms with Crippen LogP contribution in [-0.4, -0.2) is 24.1 Å². The molecule has 0 aliphatic rings. The number of benzene rings is 10. The SMILES string of the molecule is c1ccc(-c2nc(-c3ccccc3)nc(-c3ccc(-n4c5ccccc5c5c4c(-c4ccc6sc7ccccc7c6c4)cc4c6ccccc6n(-c6ccccc6)c45)c4sc5ccccc5c34)n2)cc1. The van der Waals surface area contributed by atoms with E-state index in [2.05, 4.69) is 197 Å². The fourth-order valence-corrected chi connectivity index (χ4v) is 13.2.